The molecule has 0 spiro atoms. The van der Waals surface area contributed by atoms with Gasteiger partial charge in [-0.1, -0.05) is 46.3 Å². The summed E-state index contributed by atoms with van der Waals surface area (Å²) >= 11 is 3.38. The van der Waals surface area contributed by atoms with Gasteiger partial charge < -0.3 is 10.6 Å². The predicted molar refractivity (Wildman–Crippen MR) is 83.1 cm³/mol. The van der Waals surface area contributed by atoms with E-state index in [4.69, 9.17) is 0 Å². The van der Waals surface area contributed by atoms with Crippen molar-refractivity contribution in [3.8, 4) is 0 Å². The van der Waals surface area contributed by atoms with Gasteiger partial charge in [-0.25, -0.2) is 4.79 Å². The molecule has 2 aromatic carbocycles. The molecule has 0 saturated heterocycles. The zero-order chi connectivity index (χ0) is 15.2. The van der Waals surface area contributed by atoms with Gasteiger partial charge in [0.05, 0.1) is 4.92 Å². The molecular weight excluding hydrogens is 338 g/mol. The van der Waals surface area contributed by atoms with Crippen molar-refractivity contribution in [2.24, 2.45) is 0 Å². The summed E-state index contributed by atoms with van der Waals surface area (Å²) in [6, 6.07) is 13.0. The van der Waals surface area contributed by atoms with Gasteiger partial charge in [0.15, 0.2) is 0 Å². The summed E-state index contributed by atoms with van der Waals surface area (Å²) in [5, 5.41) is 16.0. The van der Waals surface area contributed by atoms with Crippen LogP contribution < -0.4 is 10.6 Å². The second-order valence-corrected chi connectivity index (χ2v) is 5.03. The zero-order valence-electron chi connectivity index (χ0n) is 10.9. The fourth-order valence-corrected chi connectivity index (χ4v) is 2.15. The molecule has 2 aromatic rings. The van der Waals surface area contributed by atoms with Crippen LogP contribution in [0.3, 0.4) is 0 Å². The second kappa shape index (κ2) is 6.85. The van der Waals surface area contributed by atoms with Crippen molar-refractivity contribution >= 4 is 33.3 Å². The lowest BCUT2D eigenvalue weighted by Crippen LogP contribution is -2.28. The van der Waals surface area contributed by atoms with Crippen molar-refractivity contribution in [2.45, 2.75) is 6.54 Å². The number of nitrogens with one attached hydrogen (secondary N) is 2. The second-order valence-electron chi connectivity index (χ2n) is 4.17. The first-order chi connectivity index (χ1) is 10.1. The van der Waals surface area contributed by atoms with Gasteiger partial charge >= 0.3 is 6.03 Å². The Morgan fingerprint density at radius 3 is 2.52 bits per heavy atom. The minimum atomic E-state index is -0.538. The highest BCUT2D eigenvalue weighted by molar-refractivity contribution is 9.10. The van der Waals surface area contributed by atoms with Gasteiger partial charge in [0.2, 0.25) is 0 Å². The third-order valence-electron chi connectivity index (χ3n) is 2.75. The number of urea groups is 1. The first kappa shape index (κ1) is 15.0. The van der Waals surface area contributed by atoms with Crippen molar-refractivity contribution in [2.75, 3.05) is 5.32 Å². The van der Waals surface area contributed by atoms with Gasteiger partial charge in [-0.2, -0.15) is 0 Å². The van der Waals surface area contributed by atoms with Crippen LogP contribution in [0.15, 0.2) is 53.0 Å². The molecule has 0 aromatic heterocycles. The summed E-state index contributed by atoms with van der Waals surface area (Å²) in [5.74, 6) is 0. The van der Waals surface area contributed by atoms with Crippen LogP contribution in [-0.4, -0.2) is 11.0 Å². The Labute approximate surface area is 129 Å². The lowest BCUT2D eigenvalue weighted by Gasteiger charge is -2.09. The molecule has 2 N–H and O–H groups in total. The summed E-state index contributed by atoms with van der Waals surface area (Å²) < 4.78 is 0.885. The molecular formula is C14H12BrN3O3. The number of hydrogen-bond donors (Lipinski definition) is 2. The fourth-order valence-electron chi connectivity index (χ4n) is 1.72. The average molecular weight is 350 g/mol. The highest BCUT2D eigenvalue weighted by Crippen LogP contribution is 2.23. The Bertz CT molecular complexity index is 676. The number of halogens is 1. The number of rotatable bonds is 4. The van der Waals surface area contributed by atoms with E-state index in [1.54, 1.807) is 12.1 Å². The van der Waals surface area contributed by atoms with E-state index in [-0.39, 0.29) is 11.4 Å². The first-order valence-corrected chi connectivity index (χ1v) is 6.89. The maximum atomic E-state index is 11.8. The van der Waals surface area contributed by atoms with Crippen LogP contribution in [0.4, 0.5) is 16.2 Å². The molecule has 6 nitrogen and oxygen atoms in total. The quantitative estimate of drug-likeness (QED) is 0.652. The minimum absolute atomic E-state index is 0.145. The first-order valence-electron chi connectivity index (χ1n) is 6.09. The van der Waals surface area contributed by atoms with E-state index in [9.17, 15) is 14.9 Å². The molecule has 2 amide bonds. The van der Waals surface area contributed by atoms with Crippen molar-refractivity contribution in [1.82, 2.24) is 5.32 Å². The van der Waals surface area contributed by atoms with Crippen LogP contribution in [0.25, 0.3) is 0 Å². The SMILES string of the molecule is O=C(NCc1ccccc1Br)Nc1ccccc1[N+](=O)[O-]. The molecule has 2 rings (SSSR count). The van der Waals surface area contributed by atoms with Crippen molar-refractivity contribution in [1.29, 1.82) is 0 Å². The van der Waals surface area contributed by atoms with Crippen LogP contribution in [0.2, 0.25) is 0 Å². The number of nitro groups is 1. The molecule has 7 heteroatoms. The highest BCUT2D eigenvalue weighted by atomic mass is 79.9. The molecule has 21 heavy (non-hydrogen) atoms. The van der Waals surface area contributed by atoms with Crippen LogP contribution in [0.5, 0.6) is 0 Å². The number of carbonyl (C=O) groups excluding carboxylic acids is 1. The Morgan fingerprint density at radius 2 is 1.81 bits per heavy atom. The van der Waals surface area contributed by atoms with E-state index in [0.717, 1.165) is 10.0 Å². The van der Waals surface area contributed by atoms with Gasteiger partial charge in [-0.3, -0.25) is 10.1 Å². The maximum Gasteiger partial charge on any atom is 0.319 e. The molecule has 0 aliphatic rings. The largest absolute Gasteiger partial charge is 0.334 e. The standard InChI is InChI=1S/C14H12BrN3O3/c15-11-6-2-1-5-10(11)9-16-14(19)17-12-7-3-4-8-13(12)18(20)21/h1-8H,9H2,(H2,16,17,19). The topological polar surface area (TPSA) is 84.3 Å². The third-order valence-corrected chi connectivity index (χ3v) is 3.52. The Hall–Kier alpha value is -2.41. The molecule has 0 aliphatic carbocycles. The van der Waals surface area contributed by atoms with E-state index >= 15 is 0 Å². The Morgan fingerprint density at radius 1 is 1.14 bits per heavy atom. The normalized spacial score (nSPS) is 9.95. The average Bonchev–Trinajstić information content (AvgIpc) is 2.47. The number of nitro benzene ring substituents is 1. The summed E-state index contributed by atoms with van der Waals surface area (Å²) in [4.78, 5) is 22.1. The van der Waals surface area contributed by atoms with Crippen molar-refractivity contribution in [3.05, 3.63) is 68.7 Å². The van der Waals surface area contributed by atoms with E-state index in [1.165, 1.54) is 12.1 Å². The number of nitrogens with zero attached hydrogens (tertiary/aromatic N) is 1. The van der Waals surface area contributed by atoms with Gasteiger partial charge in [-0.15, -0.1) is 0 Å². The van der Waals surface area contributed by atoms with Gasteiger partial charge in [0, 0.05) is 17.1 Å². The summed E-state index contributed by atoms with van der Waals surface area (Å²) in [6.45, 7) is 0.313. The van der Waals surface area contributed by atoms with Gasteiger partial charge in [-0.05, 0) is 17.7 Å². The summed E-state index contributed by atoms with van der Waals surface area (Å²) in [6.07, 6.45) is 0. The van der Waals surface area contributed by atoms with Crippen molar-refractivity contribution < 1.29 is 9.72 Å². The monoisotopic (exact) mass is 349 g/mol. The van der Waals surface area contributed by atoms with E-state index in [0.29, 0.717) is 6.54 Å². The van der Waals surface area contributed by atoms with Gasteiger partial charge in [0.25, 0.3) is 5.69 Å². The number of amides is 2. The van der Waals surface area contributed by atoms with E-state index < -0.39 is 11.0 Å². The predicted octanol–water partition coefficient (Wildman–Crippen LogP) is 3.68. The molecule has 0 aliphatic heterocycles. The highest BCUT2D eigenvalue weighted by Gasteiger charge is 2.14. The summed E-state index contributed by atoms with van der Waals surface area (Å²) in [7, 11) is 0. The molecule has 0 radical (unpaired) electrons. The smallest absolute Gasteiger partial charge is 0.319 e. The Balaban J connectivity index is 2.00. The number of anilines is 1. The summed E-state index contributed by atoms with van der Waals surface area (Å²) in [5.41, 5.74) is 0.927. The van der Waals surface area contributed by atoms with E-state index in [1.807, 2.05) is 24.3 Å². The van der Waals surface area contributed by atoms with Crippen LogP contribution >= 0.6 is 15.9 Å². The molecule has 0 bridgehead atoms. The number of hydrogen-bond acceptors (Lipinski definition) is 3. The fraction of sp³-hybridized carbons (Fsp3) is 0.0714. The van der Waals surface area contributed by atoms with Crippen molar-refractivity contribution in [3.63, 3.8) is 0 Å². The molecule has 0 fully saturated rings. The van der Waals surface area contributed by atoms with Crippen LogP contribution in [0, 0.1) is 10.1 Å². The van der Waals surface area contributed by atoms with Gasteiger partial charge in [0.1, 0.15) is 5.69 Å². The minimum Gasteiger partial charge on any atom is -0.334 e. The number of carbonyl (C=O) groups is 1. The van der Waals surface area contributed by atoms with Crippen LogP contribution in [-0.2, 0) is 6.54 Å². The molecule has 0 atom stereocenters. The molecule has 0 unspecified atom stereocenters. The number of benzene rings is 2. The Kier molecular flexibility index (Phi) is 4.89. The third kappa shape index (κ3) is 4.03. The maximum absolute atomic E-state index is 11.8. The lowest BCUT2D eigenvalue weighted by molar-refractivity contribution is -0.383. The van der Waals surface area contributed by atoms with Crippen LogP contribution in [0.1, 0.15) is 5.56 Å². The molecule has 0 heterocycles. The van der Waals surface area contributed by atoms with E-state index in [2.05, 4.69) is 26.6 Å². The lowest BCUT2D eigenvalue weighted by atomic mass is 10.2. The number of para-hydroxylation sites is 2. The molecule has 108 valence electrons. The molecule has 0 saturated carbocycles. The zero-order valence-corrected chi connectivity index (χ0v) is 12.5.